The van der Waals surface area contributed by atoms with E-state index >= 15 is 0 Å². The number of benzene rings is 2. The Bertz CT molecular complexity index is 765. The fraction of sp³-hybridized carbons (Fsp3) is 0.391. The van der Waals surface area contributed by atoms with E-state index in [1.165, 1.54) is 0 Å². The molecular formula is C23H30N2O3S. The van der Waals surface area contributed by atoms with Gasteiger partial charge in [0.25, 0.3) is 0 Å². The fourth-order valence-corrected chi connectivity index (χ4v) is 3.92. The Labute approximate surface area is 177 Å². The standard InChI is InChI=1S/C23H30N2O3S/c1-4-21(23(27)24-5-2)25(17-18-11-13-19(28-3)14-12-18)22(26)15-16-29-20-9-7-6-8-10-20/h6-14,21H,4-5,15-17H2,1-3H3,(H,24,27). The molecule has 6 heteroatoms. The van der Waals surface area contributed by atoms with Gasteiger partial charge < -0.3 is 15.0 Å². The molecule has 0 aliphatic carbocycles. The van der Waals surface area contributed by atoms with Crippen LogP contribution < -0.4 is 10.1 Å². The summed E-state index contributed by atoms with van der Waals surface area (Å²) in [4.78, 5) is 28.5. The number of hydrogen-bond donors (Lipinski definition) is 1. The lowest BCUT2D eigenvalue weighted by Crippen LogP contribution is -2.49. The van der Waals surface area contributed by atoms with E-state index in [9.17, 15) is 9.59 Å². The Morgan fingerprint density at radius 2 is 1.76 bits per heavy atom. The number of nitrogens with zero attached hydrogens (tertiary/aromatic N) is 1. The van der Waals surface area contributed by atoms with Crippen LogP contribution in [0.4, 0.5) is 0 Å². The largest absolute Gasteiger partial charge is 0.497 e. The van der Waals surface area contributed by atoms with Crippen molar-refractivity contribution in [1.82, 2.24) is 10.2 Å². The Hall–Kier alpha value is -2.47. The summed E-state index contributed by atoms with van der Waals surface area (Å²) in [6, 6.07) is 17.2. The van der Waals surface area contributed by atoms with Crippen molar-refractivity contribution >= 4 is 23.6 Å². The van der Waals surface area contributed by atoms with Crippen LogP contribution in [0.3, 0.4) is 0 Å². The number of carbonyl (C=O) groups excluding carboxylic acids is 2. The number of methoxy groups -OCH3 is 1. The molecule has 2 aromatic rings. The van der Waals surface area contributed by atoms with Crippen LogP contribution in [-0.4, -0.2) is 42.2 Å². The quantitative estimate of drug-likeness (QED) is 0.562. The van der Waals surface area contributed by atoms with Gasteiger partial charge in [0.05, 0.1) is 7.11 Å². The topological polar surface area (TPSA) is 58.6 Å². The minimum atomic E-state index is -0.480. The van der Waals surface area contributed by atoms with Crippen molar-refractivity contribution in [3.63, 3.8) is 0 Å². The van der Waals surface area contributed by atoms with Crippen LogP contribution in [0.5, 0.6) is 5.75 Å². The molecule has 2 rings (SSSR count). The number of amides is 2. The van der Waals surface area contributed by atoms with Crippen LogP contribution in [0.1, 0.15) is 32.3 Å². The van der Waals surface area contributed by atoms with E-state index in [-0.39, 0.29) is 11.8 Å². The van der Waals surface area contributed by atoms with Gasteiger partial charge in [-0.15, -0.1) is 11.8 Å². The molecule has 0 spiro atoms. The zero-order valence-electron chi connectivity index (χ0n) is 17.4. The van der Waals surface area contributed by atoms with E-state index in [4.69, 9.17) is 4.74 Å². The summed E-state index contributed by atoms with van der Waals surface area (Å²) < 4.78 is 5.21. The molecule has 1 atom stereocenters. The highest BCUT2D eigenvalue weighted by molar-refractivity contribution is 7.99. The molecule has 0 heterocycles. The summed E-state index contributed by atoms with van der Waals surface area (Å²) in [6.45, 7) is 4.77. The number of likely N-dealkylation sites (N-methyl/N-ethyl adjacent to an activating group) is 1. The molecule has 0 aliphatic heterocycles. The molecule has 156 valence electrons. The van der Waals surface area contributed by atoms with Crippen LogP contribution in [0.2, 0.25) is 0 Å². The number of nitrogens with one attached hydrogen (secondary N) is 1. The van der Waals surface area contributed by atoms with Gasteiger partial charge in [0.2, 0.25) is 11.8 Å². The lowest BCUT2D eigenvalue weighted by atomic mass is 10.1. The van der Waals surface area contributed by atoms with Crippen LogP contribution in [0.25, 0.3) is 0 Å². The van der Waals surface area contributed by atoms with Gasteiger partial charge in [-0.2, -0.15) is 0 Å². The number of thioether (sulfide) groups is 1. The third-order valence-electron chi connectivity index (χ3n) is 4.58. The van der Waals surface area contributed by atoms with Crippen LogP contribution in [0.15, 0.2) is 59.5 Å². The lowest BCUT2D eigenvalue weighted by molar-refractivity contribution is -0.141. The molecule has 0 saturated heterocycles. The van der Waals surface area contributed by atoms with E-state index in [0.717, 1.165) is 16.2 Å². The van der Waals surface area contributed by atoms with E-state index < -0.39 is 6.04 Å². The molecule has 0 saturated carbocycles. The van der Waals surface area contributed by atoms with Crippen molar-refractivity contribution in [2.75, 3.05) is 19.4 Å². The zero-order valence-corrected chi connectivity index (χ0v) is 18.2. The second kappa shape index (κ2) is 12.2. The monoisotopic (exact) mass is 414 g/mol. The maximum Gasteiger partial charge on any atom is 0.242 e. The van der Waals surface area contributed by atoms with Gasteiger partial charge in [0.15, 0.2) is 0 Å². The first-order valence-corrected chi connectivity index (χ1v) is 11.0. The number of ether oxygens (including phenoxy) is 1. The highest BCUT2D eigenvalue weighted by atomic mass is 32.2. The minimum Gasteiger partial charge on any atom is -0.497 e. The van der Waals surface area contributed by atoms with Gasteiger partial charge >= 0.3 is 0 Å². The molecule has 5 nitrogen and oxygen atoms in total. The predicted octanol–water partition coefficient (Wildman–Crippen LogP) is 4.12. The molecule has 0 fully saturated rings. The molecule has 0 aromatic heterocycles. The molecule has 29 heavy (non-hydrogen) atoms. The average molecular weight is 415 g/mol. The molecule has 1 N–H and O–H groups in total. The van der Waals surface area contributed by atoms with E-state index in [1.54, 1.807) is 23.8 Å². The summed E-state index contributed by atoms with van der Waals surface area (Å²) in [5.74, 6) is 1.32. The Morgan fingerprint density at radius 1 is 1.07 bits per heavy atom. The second-order valence-corrected chi connectivity index (χ2v) is 7.77. The predicted molar refractivity (Wildman–Crippen MR) is 118 cm³/mol. The number of rotatable bonds is 11. The Balaban J connectivity index is 2.10. The summed E-state index contributed by atoms with van der Waals surface area (Å²) in [5, 5.41) is 2.86. The maximum atomic E-state index is 13.1. The molecule has 0 bridgehead atoms. The van der Waals surface area contributed by atoms with Gasteiger partial charge in [0, 0.05) is 30.2 Å². The zero-order chi connectivity index (χ0) is 21.1. The lowest BCUT2D eigenvalue weighted by Gasteiger charge is -2.30. The van der Waals surface area contributed by atoms with Crippen LogP contribution in [-0.2, 0) is 16.1 Å². The minimum absolute atomic E-state index is 0.0117. The highest BCUT2D eigenvalue weighted by Gasteiger charge is 2.28. The molecule has 0 aliphatic rings. The highest BCUT2D eigenvalue weighted by Crippen LogP contribution is 2.21. The average Bonchev–Trinajstić information content (AvgIpc) is 2.75. The van der Waals surface area contributed by atoms with Gasteiger partial charge in [-0.1, -0.05) is 37.3 Å². The third kappa shape index (κ3) is 7.13. The van der Waals surface area contributed by atoms with E-state index in [2.05, 4.69) is 5.32 Å². The molecule has 0 radical (unpaired) electrons. The number of hydrogen-bond acceptors (Lipinski definition) is 4. The summed E-state index contributed by atoms with van der Waals surface area (Å²) in [6.07, 6.45) is 0.950. The third-order valence-corrected chi connectivity index (χ3v) is 5.59. The SMILES string of the molecule is CCNC(=O)C(CC)N(Cc1ccc(OC)cc1)C(=O)CCSc1ccccc1. The normalized spacial score (nSPS) is 11.6. The first-order valence-electron chi connectivity index (χ1n) is 9.97. The van der Waals surface area contributed by atoms with Crippen molar-refractivity contribution in [1.29, 1.82) is 0 Å². The van der Waals surface area contributed by atoms with Crippen LogP contribution in [0, 0.1) is 0 Å². The van der Waals surface area contributed by atoms with Crippen molar-refractivity contribution in [2.24, 2.45) is 0 Å². The van der Waals surface area contributed by atoms with Gasteiger partial charge in [-0.25, -0.2) is 0 Å². The fourth-order valence-electron chi connectivity index (χ4n) is 3.06. The maximum absolute atomic E-state index is 13.1. The summed E-state index contributed by atoms with van der Waals surface area (Å²) >= 11 is 1.65. The molecule has 2 aromatic carbocycles. The first kappa shape index (κ1) is 22.8. The van der Waals surface area contributed by atoms with Crippen molar-refractivity contribution < 1.29 is 14.3 Å². The van der Waals surface area contributed by atoms with E-state index in [1.807, 2.05) is 68.4 Å². The smallest absolute Gasteiger partial charge is 0.242 e. The van der Waals surface area contributed by atoms with Crippen molar-refractivity contribution in [3.8, 4) is 5.75 Å². The molecule has 1 unspecified atom stereocenters. The van der Waals surface area contributed by atoms with E-state index in [0.29, 0.717) is 31.7 Å². The van der Waals surface area contributed by atoms with Gasteiger partial charge in [0.1, 0.15) is 11.8 Å². The summed E-state index contributed by atoms with van der Waals surface area (Å²) in [7, 11) is 1.62. The first-order chi connectivity index (χ1) is 14.1. The van der Waals surface area contributed by atoms with Gasteiger partial charge in [-0.3, -0.25) is 9.59 Å². The molecule has 2 amide bonds. The van der Waals surface area contributed by atoms with Gasteiger partial charge in [-0.05, 0) is 43.2 Å². The summed E-state index contributed by atoms with van der Waals surface area (Å²) in [5.41, 5.74) is 0.970. The van der Waals surface area contributed by atoms with Crippen molar-refractivity contribution in [3.05, 3.63) is 60.2 Å². The van der Waals surface area contributed by atoms with Crippen molar-refractivity contribution in [2.45, 2.75) is 44.2 Å². The Morgan fingerprint density at radius 3 is 2.34 bits per heavy atom. The second-order valence-electron chi connectivity index (χ2n) is 6.60. The molecular weight excluding hydrogens is 384 g/mol. The number of carbonyl (C=O) groups is 2. The Kier molecular flexibility index (Phi) is 9.57. The van der Waals surface area contributed by atoms with Crippen LogP contribution >= 0.6 is 11.8 Å².